The molecule has 2 N–H and O–H groups in total. The zero-order valence-electron chi connectivity index (χ0n) is 19.3. The second-order valence-electron chi connectivity index (χ2n) is 8.96. The van der Waals surface area contributed by atoms with E-state index in [4.69, 9.17) is 0 Å². The quantitative estimate of drug-likeness (QED) is 0.393. The number of carboxylic acids is 1. The van der Waals surface area contributed by atoms with Crippen molar-refractivity contribution in [2.75, 3.05) is 11.4 Å². The Labute approximate surface area is 209 Å². The van der Waals surface area contributed by atoms with Gasteiger partial charge in [0.1, 0.15) is 0 Å². The zero-order chi connectivity index (χ0) is 24.3. The number of benzene rings is 3. The zero-order valence-corrected chi connectivity index (χ0v) is 20.1. The Bertz CT molecular complexity index is 1160. The molecule has 1 aliphatic heterocycles. The average Bonchev–Trinajstić information content (AvgIpc) is 3.01. The Morgan fingerprint density at radius 3 is 2.34 bits per heavy atom. The van der Waals surface area contributed by atoms with E-state index in [1.807, 2.05) is 61.5 Å². The van der Waals surface area contributed by atoms with E-state index in [9.17, 15) is 23.1 Å². The minimum Gasteiger partial charge on any atom is -0.481 e. The van der Waals surface area contributed by atoms with Crippen LogP contribution in [-0.2, 0) is 29.5 Å². The van der Waals surface area contributed by atoms with Crippen LogP contribution in [0.25, 0.3) is 0 Å². The van der Waals surface area contributed by atoms with Crippen LogP contribution in [-0.4, -0.2) is 23.7 Å². The number of aliphatic carboxylic acids is 1. The van der Waals surface area contributed by atoms with Gasteiger partial charge in [-0.3, -0.25) is 4.79 Å². The third kappa shape index (κ3) is 5.80. The van der Waals surface area contributed by atoms with E-state index in [0.29, 0.717) is 18.7 Å². The van der Waals surface area contributed by atoms with Gasteiger partial charge in [-0.05, 0) is 28.8 Å². The lowest BCUT2D eigenvalue weighted by Crippen LogP contribution is -2.50. The summed E-state index contributed by atoms with van der Waals surface area (Å²) in [7, 11) is 0. The predicted molar refractivity (Wildman–Crippen MR) is 133 cm³/mol. The van der Waals surface area contributed by atoms with Crippen LogP contribution in [0.4, 0.5) is 18.9 Å². The van der Waals surface area contributed by atoms with Gasteiger partial charge in [-0.25, -0.2) is 0 Å². The smallest absolute Gasteiger partial charge is 0.416 e. The number of halogens is 4. The molecular weight excluding hydrogens is 477 g/mol. The Hall–Kier alpha value is -3.03. The summed E-state index contributed by atoms with van der Waals surface area (Å²) in [4.78, 5) is 14.1. The van der Waals surface area contributed by atoms with Crippen molar-refractivity contribution < 1.29 is 23.1 Å². The molecule has 1 aliphatic rings. The number of nitrogens with zero attached hydrogens (tertiary/aromatic N) is 1. The molecule has 0 spiro atoms. The highest BCUT2D eigenvalue weighted by molar-refractivity contribution is 5.85. The average molecular weight is 505 g/mol. The number of hydrogen-bond acceptors (Lipinski definition) is 3. The van der Waals surface area contributed by atoms with Crippen molar-refractivity contribution in [3.05, 3.63) is 101 Å². The molecule has 0 saturated carbocycles. The topological polar surface area (TPSA) is 52.6 Å². The number of carboxylic acid groups (broad SMARTS) is 1. The van der Waals surface area contributed by atoms with Crippen molar-refractivity contribution in [2.45, 2.75) is 44.1 Å². The van der Waals surface area contributed by atoms with E-state index in [-0.39, 0.29) is 31.4 Å². The Morgan fingerprint density at radius 2 is 1.66 bits per heavy atom. The number of fused-ring (bicyclic) bond motifs is 1. The molecule has 1 heterocycles. The number of carbonyl (C=O) groups is 1. The van der Waals surface area contributed by atoms with Crippen LogP contribution in [0.2, 0.25) is 0 Å². The lowest BCUT2D eigenvalue weighted by Gasteiger charge is -2.36. The van der Waals surface area contributed by atoms with Gasteiger partial charge >= 0.3 is 12.1 Å². The summed E-state index contributed by atoms with van der Waals surface area (Å²) >= 11 is 0. The summed E-state index contributed by atoms with van der Waals surface area (Å²) in [6, 6.07) is 22.8. The van der Waals surface area contributed by atoms with Gasteiger partial charge in [-0.2, -0.15) is 13.2 Å². The minimum absolute atomic E-state index is 0. The van der Waals surface area contributed by atoms with Crippen molar-refractivity contribution in [3.63, 3.8) is 0 Å². The van der Waals surface area contributed by atoms with Crippen molar-refractivity contribution in [3.8, 4) is 0 Å². The van der Waals surface area contributed by atoms with E-state index < -0.39 is 23.1 Å². The second kappa shape index (κ2) is 10.7. The lowest BCUT2D eigenvalue weighted by molar-refractivity contribution is -0.139. The fourth-order valence-electron chi connectivity index (χ4n) is 4.95. The van der Waals surface area contributed by atoms with Crippen molar-refractivity contribution >= 4 is 24.1 Å². The molecule has 3 aromatic rings. The highest BCUT2D eigenvalue weighted by Crippen LogP contribution is 2.47. The summed E-state index contributed by atoms with van der Waals surface area (Å²) in [5, 5.41) is 13.0. The molecular formula is C27H28ClF3N2O2. The van der Waals surface area contributed by atoms with Crippen molar-refractivity contribution in [2.24, 2.45) is 0 Å². The summed E-state index contributed by atoms with van der Waals surface area (Å²) in [5.74, 6) is -0.887. The largest absolute Gasteiger partial charge is 0.481 e. The van der Waals surface area contributed by atoms with E-state index in [0.717, 1.165) is 28.9 Å². The monoisotopic (exact) mass is 504 g/mol. The molecule has 186 valence electrons. The molecule has 0 bridgehead atoms. The summed E-state index contributed by atoms with van der Waals surface area (Å²) in [6.07, 6.45) is -4.44. The molecule has 2 atom stereocenters. The standard InChI is InChI=1S/C27H27F3N2O2.ClH/c1-26(15-25(33)34)22-12-5-6-13-23(22)32(18-19-8-3-2-4-9-19)24(26)17-31-16-20-10-7-11-21(14-20)27(28,29)30;/h2-14,24,31H,15-18H2,1H3,(H,33,34);1H. The molecule has 35 heavy (non-hydrogen) atoms. The molecule has 0 saturated heterocycles. The first-order valence-electron chi connectivity index (χ1n) is 11.2. The van der Waals surface area contributed by atoms with E-state index >= 15 is 0 Å². The van der Waals surface area contributed by atoms with Crippen molar-refractivity contribution in [1.82, 2.24) is 5.32 Å². The first-order valence-corrected chi connectivity index (χ1v) is 11.2. The molecule has 2 unspecified atom stereocenters. The second-order valence-corrected chi connectivity index (χ2v) is 8.96. The molecule has 0 aliphatic carbocycles. The first-order chi connectivity index (χ1) is 16.2. The van der Waals surface area contributed by atoms with Gasteiger partial charge < -0.3 is 15.3 Å². The summed E-state index contributed by atoms with van der Waals surface area (Å²) in [6.45, 7) is 3.23. The van der Waals surface area contributed by atoms with Gasteiger partial charge in [0.15, 0.2) is 0 Å². The number of anilines is 1. The molecule has 3 aromatic carbocycles. The van der Waals surface area contributed by atoms with Gasteiger partial charge in [0.25, 0.3) is 0 Å². The maximum Gasteiger partial charge on any atom is 0.416 e. The number of hydrogen-bond donors (Lipinski definition) is 2. The Morgan fingerprint density at radius 1 is 1.00 bits per heavy atom. The fourth-order valence-corrected chi connectivity index (χ4v) is 4.95. The van der Waals surface area contributed by atoms with Gasteiger partial charge in [0.05, 0.1) is 18.0 Å². The number of rotatable bonds is 8. The summed E-state index contributed by atoms with van der Waals surface area (Å²) < 4.78 is 39.3. The number of nitrogens with one attached hydrogen (secondary N) is 1. The molecule has 4 rings (SSSR count). The Kier molecular flexibility index (Phi) is 8.13. The van der Waals surface area contributed by atoms with Crippen LogP contribution in [0.3, 0.4) is 0 Å². The highest BCUT2D eigenvalue weighted by Gasteiger charge is 2.48. The molecule has 0 fully saturated rings. The van der Waals surface area contributed by atoms with Crippen molar-refractivity contribution in [1.29, 1.82) is 0 Å². The maximum absolute atomic E-state index is 13.1. The SMILES string of the molecule is CC1(CC(=O)O)c2ccccc2N(Cc2ccccc2)C1CNCc1cccc(C(F)(F)F)c1.Cl. The van der Waals surface area contributed by atoms with Crippen LogP contribution in [0.1, 0.15) is 35.6 Å². The maximum atomic E-state index is 13.1. The molecule has 8 heteroatoms. The minimum atomic E-state index is -4.39. The normalized spacial score (nSPS) is 19.2. The third-order valence-electron chi connectivity index (χ3n) is 6.58. The van der Waals surface area contributed by atoms with E-state index in [2.05, 4.69) is 10.2 Å². The lowest BCUT2D eigenvalue weighted by atomic mass is 9.75. The first kappa shape index (κ1) is 26.6. The van der Waals surface area contributed by atoms with Crippen LogP contribution in [0.5, 0.6) is 0 Å². The van der Waals surface area contributed by atoms with Gasteiger partial charge in [0.2, 0.25) is 0 Å². The van der Waals surface area contributed by atoms with Crippen LogP contribution in [0, 0.1) is 0 Å². The predicted octanol–water partition coefficient (Wildman–Crippen LogP) is 6.04. The van der Waals surface area contributed by atoms with Gasteiger partial charge in [-0.1, -0.05) is 73.7 Å². The number of para-hydroxylation sites is 1. The van der Waals surface area contributed by atoms with Gasteiger partial charge in [-0.15, -0.1) is 12.4 Å². The molecule has 0 aromatic heterocycles. The van der Waals surface area contributed by atoms with E-state index in [1.54, 1.807) is 6.07 Å². The van der Waals surface area contributed by atoms with Crippen LogP contribution in [0.15, 0.2) is 78.9 Å². The fraction of sp³-hybridized carbons (Fsp3) is 0.296. The van der Waals surface area contributed by atoms with Crippen LogP contribution < -0.4 is 10.2 Å². The van der Waals surface area contributed by atoms with E-state index in [1.165, 1.54) is 6.07 Å². The molecule has 4 nitrogen and oxygen atoms in total. The van der Waals surface area contributed by atoms with Crippen LogP contribution >= 0.6 is 12.4 Å². The molecule has 0 radical (unpaired) electrons. The Balaban J connectivity index is 0.00000342. The molecule has 0 amide bonds. The van der Waals surface area contributed by atoms with Gasteiger partial charge in [0, 0.05) is 30.7 Å². The number of alkyl halides is 3. The summed E-state index contributed by atoms with van der Waals surface area (Å²) in [5.41, 5.74) is 2.24. The third-order valence-corrected chi connectivity index (χ3v) is 6.58. The highest BCUT2D eigenvalue weighted by atomic mass is 35.5.